The van der Waals surface area contributed by atoms with Crippen molar-refractivity contribution in [3.8, 4) is 11.5 Å². The largest absolute Gasteiger partial charge is 0.506 e. The highest BCUT2D eigenvalue weighted by atomic mass is 16.6. The lowest BCUT2D eigenvalue weighted by atomic mass is 10.2. The van der Waals surface area contributed by atoms with E-state index >= 15 is 0 Å². The Hall–Kier alpha value is -3.16. The summed E-state index contributed by atoms with van der Waals surface area (Å²) in [5.41, 5.74) is 0.948. The van der Waals surface area contributed by atoms with Crippen LogP contribution in [0.4, 0.5) is 22.7 Å². The van der Waals surface area contributed by atoms with Gasteiger partial charge >= 0.3 is 0 Å². The van der Waals surface area contributed by atoms with Gasteiger partial charge in [-0.2, -0.15) is 0 Å². The fourth-order valence-corrected chi connectivity index (χ4v) is 2.20. The van der Waals surface area contributed by atoms with Crippen molar-refractivity contribution in [2.24, 2.45) is 10.2 Å². The second kappa shape index (κ2) is 7.40. The minimum atomic E-state index is -0.613. The van der Waals surface area contributed by atoms with Crippen molar-refractivity contribution in [1.29, 1.82) is 0 Å². The van der Waals surface area contributed by atoms with Gasteiger partial charge in [0.05, 0.1) is 11.0 Å². The molecule has 8 nitrogen and oxygen atoms in total. The zero-order valence-electron chi connectivity index (χ0n) is 13.4. The number of benzene rings is 2. The Morgan fingerprint density at radius 1 is 1.00 bits per heavy atom. The van der Waals surface area contributed by atoms with Crippen LogP contribution in [0.2, 0.25) is 0 Å². The van der Waals surface area contributed by atoms with Gasteiger partial charge in [0.1, 0.15) is 22.9 Å². The van der Waals surface area contributed by atoms with Gasteiger partial charge in [0.2, 0.25) is 0 Å². The molecule has 0 radical (unpaired) electrons. The van der Waals surface area contributed by atoms with E-state index in [9.17, 15) is 20.3 Å². The van der Waals surface area contributed by atoms with E-state index in [0.717, 1.165) is 24.8 Å². The van der Waals surface area contributed by atoms with E-state index in [-0.39, 0.29) is 28.6 Å². The Kier molecular flexibility index (Phi) is 5.31. The topological polar surface area (TPSA) is 112 Å². The van der Waals surface area contributed by atoms with Crippen molar-refractivity contribution in [1.82, 2.24) is 0 Å². The van der Waals surface area contributed by atoms with Gasteiger partial charge in [0.25, 0.3) is 5.69 Å². The molecule has 2 N–H and O–H groups in total. The Bertz CT molecular complexity index is 773. The first-order valence-electron chi connectivity index (χ1n) is 7.43. The fourth-order valence-electron chi connectivity index (χ4n) is 2.20. The first kappa shape index (κ1) is 17.2. The quantitative estimate of drug-likeness (QED) is 0.467. The number of azo groups is 1. The molecule has 0 spiro atoms. The van der Waals surface area contributed by atoms with Crippen LogP contribution in [0.25, 0.3) is 0 Å². The standard InChI is InChI=1S/C16H18N4O4/c1-3-19(4-2)11-5-7-13(15(21)9-11)17-18-14-8-6-12(20(23)24)10-16(14)22/h5-10,21-22H,3-4H2,1-2H3/b18-17+. The van der Waals surface area contributed by atoms with Gasteiger partial charge in [0.15, 0.2) is 0 Å². The van der Waals surface area contributed by atoms with Crippen molar-refractivity contribution in [2.75, 3.05) is 18.0 Å². The third-order valence-electron chi connectivity index (χ3n) is 3.52. The van der Waals surface area contributed by atoms with Gasteiger partial charge in [-0.05, 0) is 32.0 Å². The molecule has 0 aromatic heterocycles. The summed E-state index contributed by atoms with van der Waals surface area (Å²) in [5.74, 6) is -0.392. The molecule has 0 heterocycles. The number of nitro groups is 1. The van der Waals surface area contributed by atoms with Crippen LogP contribution >= 0.6 is 0 Å². The number of nitrogens with zero attached hydrogens (tertiary/aromatic N) is 4. The zero-order chi connectivity index (χ0) is 17.7. The van der Waals surface area contributed by atoms with Crippen molar-refractivity contribution in [3.05, 3.63) is 46.5 Å². The van der Waals surface area contributed by atoms with E-state index < -0.39 is 4.92 Å². The van der Waals surface area contributed by atoms with Crippen molar-refractivity contribution in [3.63, 3.8) is 0 Å². The number of phenolic OH excluding ortho intramolecular Hbond substituents is 2. The van der Waals surface area contributed by atoms with Crippen LogP contribution in [-0.2, 0) is 0 Å². The molecule has 0 unspecified atom stereocenters. The average Bonchev–Trinajstić information content (AvgIpc) is 2.56. The SMILES string of the molecule is CCN(CC)c1ccc(/N=N/c2ccc([N+](=O)[O-])cc2O)c(O)c1. The minimum Gasteiger partial charge on any atom is -0.506 e. The summed E-state index contributed by atoms with van der Waals surface area (Å²) in [6, 6.07) is 8.54. The number of non-ortho nitro benzene ring substituents is 1. The van der Waals surface area contributed by atoms with E-state index in [1.54, 1.807) is 12.1 Å². The number of phenols is 2. The van der Waals surface area contributed by atoms with Crippen molar-refractivity contribution >= 4 is 22.7 Å². The first-order valence-corrected chi connectivity index (χ1v) is 7.43. The van der Waals surface area contributed by atoms with Crippen LogP contribution in [0, 0.1) is 10.1 Å². The molecule has 0 aliphatic carbocycles. The third-order valence-corrected chi connectivity index (χ3v) is 3.52. The summed E-state index contributed by atoms with van der Waals surface area (Å²) in [6.07, 6.45) is 0. The van der Waals surface area contributed by atoms with Crippen LogP contribution in [-0.4, -0.2) is 28.2 Å². The molecule has 0 amide bonds. The number of hydrogen-bond donors (Lipinski definition) is 2. The number of hydrogen-bond acceptors (Lipinski definition) is 7. The maximum atomic E-state index is 10.6. The Morgan fingerprint density at radius 3 is 2.00 bits per heavy atom. The van der Waals surface area contributed by atoms with Gasteiger partial charge in [-0.3, -0.25) is 10.1 Å². The predicted octanol–water partition coefficient (Wildman–Crippen LogP) is 4.27. The minimum absolute atomic E-state index is 0.0375. The zero-order valence-corrected chi connectivity index (χ0v) is 13.4. The molecule has 0 saturated heterocycles. The maximum Gasteiger partial charge on any atom is 0.273 e. The van der Waals surface area contributed by atoms with Gasteiger partial charge in [0, 0.05) is 30.9 Å². The number of anilines is 1. The molecule has 0 aliphatic rings. The van der Waals surface area contributed by atoms with Crippen LogP contribution in [0.15, 0.2) is 46.6 Å². The Morgan fingerprint density at radius 2 is 1.54 bits per heavy atom. The van der Waals surface area contributed by atoms with E-state index in [2.05, 4.69) is 15.1 Å². The second-order valence-electron chi connectivity index (χ2n) is 4.98. The lowest BCUT2D eigenvalue weighted by molar-refractivity contribution is -0.384. The summed E-state index contributed by atoms with van der Waals surface area (Å²) >= 11 is 0. The van der Waals surface area contributed by atoms with E-state index in [4.69, 9.17) is 0 Å². The number of rotatable bonds is 6. The average molecular weight is 330 g/mol. The second-order valence-corrected chi connectivity index (χ2v) is 4.98. The molecule has 0 atom stereocenters. The van der Waals surface area contributed by atoms with Crippen LogP contribution < -0.4 is 4.90 Å². The van der Waals surface area contributed by atoms with Gasteiger partial charge < -0.3 is 15.1 Å². The maximum absolute atomic E-state index is 10.6. The van der Waals surface area contributed by atoms with Crippen molar-refractivity contribution in [2.45, 2.75) is 13.8 Å². The molecule has 2 rings (SSSR count). The Labute approximate surface area is 138 Å². The monoisotopic (exact) mass is 330 g/mol. The molecule has 2 aromatic rings. The fraction of sp³-hybridized carbons (Fsp3) is 0.250. The molecule has 8 heteroatoms. The number of nitro benzene ring substituents is 1. The molecule has 2 aromatic carbocycles. The van der Waals surface area contributed by atoms with Gasteiger partial charge in [-0.15, -0.1) is 10.2 Å². The Balaban J connectivity index is 2.25. The highest BCUT2D eigenvalue weighted by Crippen LogP contribution is 2.35. The molecule has 24 heavy (non-hydrogen) atoms. The van der Waals surface area contributed by atoms with Crippen LogP contribution in [0.1, 0.15) is 13.8 Å². The summed E-state index contributed by atoms with van der Waals surface area (Å²) in [6.45, 7) is 5.66. The predicted molar refractivity (Wildman–Crippen MR) is 90.6 cm³/mol. The van der Waals surface area contributed by atoms with Gasteiger partial charge in [-0.25, -0.2) is 0 Å². The van der Waals surface area contributed by atoms with E-state index in [1.807, 2.05) is 19.9 Å². The molecule has 0 saturated carbocycles. The highest BCUT2D eigenvalue weighted by molar-refractivity contribution is 5.62. The van der Waals surface area contributed by atoms with E-state index in [1.165, 1.54) is 12.1 Å². The summed E-state index contributed by atoms with van der Waals surface area (Å²) in [5, 5.41) is 38.2. The van der Waals surface area contributed by atoms with Crippen molar-refractivity contribution < 1.29 is 15.1 Å². The summed E-state index contributed by atoms with van der Waals surface area (Å²) in [4.78, 5) is 12.1. The molecule has 0 bridgehead atoms. The normalized spacial score (nSPS) is 10.9. The summed E-state index contributed by atoms with van der Waals surface area (Å²) in [7, 11) is 0. The smallest absolute Gasteiger partial charge is 0.273 e. The summed E-state index contributed by atoms with van der Waals surface area (Å²) < 4.78 is 0. The lowest BCUT2D eigenvalue weighted by Crippen LogP contribution is -2.21. The van der Waals surface area contributed by atoms with Gasteiger partial charge in [-0.1, -0.05) is 0 Å². The number of aromatic hydroxyl groups is 2. The molecular formula is C16H18N4O4. The molecular weight excluding hydrogens is 312 g/mol. The first-order chi connectivity index (χ1) is 11.5. The van der Waals surface area contributed by atoms with E-state index in [0.29, 0.717) is 0 Å². The van der Waals surface area contributed by atoms with Crippen LogP contribution in [0.3, 0.4) is 0 Å². The molecule has 126 valence electrons. The molecule has 0 aliphatic heterocycles. The highest BCUT2D eigenvalue weighted by Gasteiger charge is 2.10. The van der Waals surface area contributed by atoms with Crippen LogP contribution in [0.5, 0.6) is 11.5 Å². The molecule has 0 fully saturated rings. The third kappa shape index (κ3) is 3.78. The lowest BCUT2D eigenvalue weighted by Gasteiger charge is -2.21.